The number of amides is 1. The molecule has 1 amide bonds. The minimum absolute atomic E-state index is 0.220. The molecule has 1 heterocycles. The molecule has 0 radical (unpaired) electrons. The highest BCUT2D eigenvalue weighted by Gasteiger charge is 2.24. The quantitative estimate of drug-likeness (QED) is 0.901. The number of nitrogens with one attached hydrogen (secondary N) is 1. The van der Waals surface area contributed by atoms with Crippen LogP contribution in [-0.4, -0.2) is 29.9 Å². The van der Waals surface area contributed by atoms with Crippen molar-refractivity contribution in [3.8, 4) is 0 Å². The van der Waals surface area contributed by atoms with Crippen molar-refractivity contribution in [2.24, 2.45) is 0 Å². The second-order valence-electron chi connectivity index (χ2n) is 5.46. The third kappa shape index (κ3) is 3.75. The molecule has 0 saturated carbocycles. The molecule has 1 aliphatic heterocycles. The Balaban J connectivity index is 1.92. The van der Waals surface area contributed by atoms with E-state index in [9.17, 15) is 4.79 Å². The Morgan fingerprint density at radius 3 is 2.95 bits per heavy atom. The number of aryl methyl sites for hydroxylation is 1. The highest BCUT2D eigenvalue weighted by molar-refractivity contribution is 9.10. The van der Waals surface area contributed by atoms with Crippen LogP contribution in [0, 0.1) is 6.92 Å². The van der Waals surface area contributed by atoms with Crippen molar-refractivity contribution in [1.29, 1.82) is 0 Å². The van der Waals surface area contributed by atoms with Gasteiger partial charge in [-0.3, -0.25) is 4.79 Å². The minimum atomic E-state index is 0.220. The lowest BCUT2D eigenvalue weighted by Gasteiger charge is -2.35. The highest BCUT2D eigenvalue weighted by Crippen LogP contribution is 2.21. The van der Waals surface area contributed by atoms with Crippen LogP contribution in [0.5, 0.6) is 0 Å². The number of benzene rings is 1. The molecule has 1 fully saturated rings. The van der Waals surface area contributed by atoms with Gasteiger partial charge in [-0.05, 0) is 56.4 Å². The fourth-order valence-electron chi connectivity index (χ4n) is 2.79. The van der Waals surface area contributed by atoms with Crippen LogP contribution in [0.1, 0.15) is 38.2 Å². The Morgan fingerprint density at radius 2 is 2.25 bits per heavy atom. The Labute approximate surface area is 129 Å². The van der Waals surface area contributed by atoms with Crippen molar-refractivity contribution in [2.75, 3.05) is 18.4 Å². The number of hydrogen-bond donors (Lipinski definition) is 1. The zero-order valence-electron chi connectivity index (χ0n) is 12.3. The van der Waals surface area contributed by atoms with Gasteiger partial charge >= 0.3 is 0 Å². The van der Waals surface area contributed by atoms with Crippen LogP contribution in [0.2, 0.25) is 0 Å². The van der Waals surface area contributed by atoms with Gasteiger partial charge in [-0.15, -0.1) is 0 Å². The van der Waals surface area contributed by atoms with Gasteiger partial charge in [-0.25, -0.2) is 0 Å². The highest BCUT2D eigenvalue weighted by atomic mass is 79.9. The van der Waals surface area contributed by atoms with E-state index in [4.69, 9.17) is 0 Å². The van der Waals surface area contributed by atoms with Gasteiger partial charge in [0.05, 0.1) is 6.54 Å². The standard InChI is InChI=1S/C16H23BrN2O/c1-3-14-6-4-5-9-19(14)16(20)11-18-13-7-8-15(17)12(2)10-13/h7-8,10,14,18H,3-6,9,11H2,1-2H3. The first-order chi connectivity index (χ1) is 9.61. The van der Waals surface area contributed by atoms with E-state index in [1.54, 1.807) is 0 Å². The molecule has 0 aliphatic carbocycles. The van der Waals surface area contributed by atoms with Crippen molar-refractivity contribution in [1.82, 2.24) is 4.90 Å². The molecule has 1 aliphatic rings. The molecule has 4 heteroatoms. The number of anilines is 1. The predicted octanol–water partition coefficient (Wildman–Crippen LogP) is 3.96. The fourth-order valence-corrected chi connectivity index (χ4v) is 3.03. The number of likely N-dealkylation sites (tertiary alicyclic amines) is 1. The molecule has 20 heavy (non-hydrogen) atoms. The summed E-state index contributed by atoms with van der Waals surface area (Å²) in [6, 6.07) is 6.50. The zero-order valence-corrected chi connectivity index (χ0v) is 13.9. The largest absolute Gasteiger partial charge is 0.376 e. The van der Waals surface area contributed by atoms with Crippen molar-refractivity contribution in [3.63, 3.8) is 0 Å². The second-order valence-corrected chi connectivity index (χ2v) is 6.32. The van der Waals surface area contributed by atoms with Gasteiger partial charge in [-0.1, -0.05) is 22.9 Å². The first-order valence-electron chi connectivity index (χ1n) is 7.41. The molecule has 1 unspecified atom stereocenters. The van der Waals surface area contributed by atoms with Gasteiger partial charge in [0, 0.05) is 22.7 Å². The molecule has 1 aromatic rings. The maximum absolute atomic E-state index is 12.3. The fraction of sp³-hybridized carbons (Fsp3) is 0.562. The summed E-state index contributed by atoms with van der Waals surface area (Å²) < 4.78 is 1.09. The third-order valence-corrected chi connectivity index (χ3v) is 4.91. The average Bonchev–Trinajstić information content (AvgIpc) is 2.48. The van der Waals surface area contributed by atoms with Crippen molar-refractivity contribution in [2.45, 2.75) is 45.6 Å². The molecule has 2 rings (SSSR count). The van der Waals surface area contributed by atoms with Crippen LogP contribution in [0.25, 0.3) is 0 Å². The number of piperidine rings is 1. The average molecular weight is 339 g/mol. The topological polar surface area (TPSA) is 32.3 Å². The first-order valence-corrected chi connectivity index (χ1v) is 8.20. The van der Waals surface area contributed by atoms with Crippen LogP contribution in [0.4, 0.5) is 5.69 Å². The number of rotatable bonds is 4. The molecular formula is C16H23BrN2O. The van der Waals surface area contributed by atoms with E-state index in [0.717, 1.165) is 36.0 Å². The molecule has 1 atom stereocenters. The number of carbonyl (C=O) groups is 1. The number of hydrogen-bond acceptors (Lipinski definition) is 2. The molecule has 3 nitrogen and oxygen atoms in total. The number of carbonyl (C=O) groups excluding carboxylic acids is 1. The summed E-state index contributed by atoms with van der Waals surface area (Å²) in [7, 11) is 0. The summed E-state index contributed by atoms with van der Waals surface area (Å²) in [5.41, 5.74) is 2.18. The Bertz CT molecular complexity index is 476. The summed E-state index contributed by atoms with van der Waals surface area (Å²) in [5.74, 6) is 0.220. The maximum Gasteiger partial charge on any atom is 0.242 e. The lowest BCUT2D eigenvalue weighted by Crippen LogP contribution is -2.45. The van der Waals surface area contributed by atoms with Gasteiger partial charge in [-0.2, -0.15) is 0 Å². The van der Waals surface area contributed by atoms with Crippen LogP contribution >= 0.6 is 15.9 Å². The minimum Gasteiger partial charge on any atom is -0.376 e. The zero-order chi connectivity index (χ0) is 14.5. The lowest BCUT2D eigenvalue weighted by molar-refractivity contribution is -0.133. The first kappa shape index (κ1) is 15.4. The van der Waals surface area contributed by atoms with E-state index in [0.29, 0.717) is 12.6 Å². The molecule has 0 aromatic heterocycles. The van der Waals surface area contributed by atoms with Crippen molar-refractivity contribution < 1.29 is 4.79 Å². The van der Waals surface area contributed by atoms with Crippen LogP contribution in [0.3, 0.4) is 0 Å². The predicted molar refractivity (Wildman–Crippen MR) is 87.0 cm³/mol. The van der Waals surface area contributed by atoms with Crippen molar-refractivity contribution in [3.05, 3.63) is 28.2 Å². The monoisotopic (exact) mass is 338 g/mol. The summed E-state index contributed by atoms with van der Waals surface area (Å²) in [6.07, 6.45) is 4.60. The van der Waals surface area contributed by atoms with Crippen molar-refractivity contribution >= 4 is 27.5 Å². The Kier molecular flexibility index (Phi) is 5.46. The molecule has 0 bridgehead atoms. The Morgan fingerprint density at radius 1 is 1.45 bits per heavy atom. The summed E-state index contributed by atoms with van der Waals surface area (Å²) in [6.45, 7) is 5.52. The van der Waals surface area contributed by atoms with Gasteiger partial charge in [0.2, 0.25) is 5.91 Å². The molecule has 0 spiro atoms. The molecule has 1 aromatic carbocycles. The van der Waals surface area contributed by atoms with E-state index < -0.39 is 0 Å². The Hall–Kier alpha value is -1.03. The number of halogens is 1. The lowest BCUT2D eigenvalue weighted by atomic mass is 10.00. The second kappa shape index (κ2) is 7.11. The van der Waals surface area contributed by atoms with Crippen LogP contribution in [0.15, 0.2) is 22.7 Å². The van der Waals surface area contributed by atoms with Gasteiger partial charge in [0.25, 0.3) is 0 Å². The smallest absolute Gasteiger partial charge is 0.242 e. The SMILES string of the molecule is CCC1CCCCN1C(=O)CNc1ccc(Br)c(C)c1. The van der Waals surface area contributed by atoms with E-state index in [1.807, 2.05) is 12.1 Å². The van der Waals surface area contributed by atoms with E-state index in [2.05, 4.69) is 46.1 Å². The third-order valence-electron chi connectivity index (χ3n) is 4.02. The van der Waals surface area contributed by atoms with Gasteiger partial charge in [0.15, 0.2) is 0 Å². The number of nitrogens with zero attached hydrogens (tertiary/aromatic N) is 1. The molecule has 110 valence electrons. The molecular weight excluding hydrogens is 316 g/mol. The molecule has 1 N–H and O–H groups in total. The van der Waals surface area contributed by atoms with E-state index in [1.165, 1.54) is 12.0 Å². The summed E-state index contributed by atoms with van der Waals surface area (Å²) >= 11 is 3.49. The van der Waals surface area contributed by atoms with Crippen LogP contribution < -0.4 is 5.32 Å². The molecule has 1 saturated heterocycles. The van der Waals surface area contributed by atoms with E-state index in [-0.39, 0.29) is 5.91 Å². The van der Waals surface area contributed by atoms with Gasteiger partial charge in [0.1, 0.15) is 0 Å². The van der Waals surface area contributed by atoms with E-state index >= 15 is 0 Å². The van der Waals surface area contributed by atoms with Crippen LogP contribution in [-0.2, 0) is 4.79 Å². The normalized spacial score (nSPS) is 18.9. The maximum atomic E-state index is 12.3. The summed E-state index contributed by atoms with van der Waals surface area (Å²) in [4.78, 5) is 14.4. The van der Waals surface area contributed by atoms with Gasteiger partial charge < -0.3 is 10.2 Å². The summed E-state index contributed by atoms with van der Waals surface area (Å²) in [5, 5.41) is 3.24.